The summed E-state index contributed by atoms with van der Waals surface area (Å²) in [4.78, 5) is 17.0. The van der Waals surface area contributed by atoms with E-state index in [1.807, 2.05) is 25.3 Å². The summed E-state index contributed by atoms with van der Waals surface area (Å²) >= 11 is 5.90. The number of hydrogen-bond acceptors (Lipinski definition) is 3. The molecule has 1 amide bonds. The Kier molecular flexibility index (Phi) is 5.12. The van der Waals surface area contributed by atoms with Crippen LogP contribution in [0.1, 0.15) is 44.1 Å². The van der Waals surface area contributed by atoms with Crippen LogP contribution >= 0.6 is 11.6 Å². The first kappa shape index (κ1) is 18.0. The number of halogens is 1. The number of aromatic amines is 1. The minimum Gasteiger partial charge on any atom is -0.326 e. The first-order valence-corrected chi connectivity index (χ1v) is 9.84. The topological polar surface area (TPSA) is 70.7 Å². The molecule has 4 rings (SSSR count). The molecule has 2 heterocycles. The first-order chi connectivity index (χ1) is 13.1. The lowest BCUT2D eigenvalue weighted by Gasteiger charge is -2.32. The number of nitrogens with one attached hydrogen (secondary N) is 2. The highest BCUT2D eigenvalue weighted by molar-refractivity contribution is 6.30. The van der Waals surface area contributed by atoms with E-state index >= 15 is 0 Å². The second kappa shape index (κ2) is 7.69. The average molecular weight is 383 g/mol. The predicted octanol–water partition coefficient (Wildman–Crippen LogP) is 5.16. The van der Waals surface area contributed by atoms with Crippen LogP contribution in [-0.4, -0.2) is 21.1 Å². The predicted molar refractivity (Wildman–Crippen MR) is 108 cm³/mol. The van der Waals surface area contributed by atoms with E-state index in [2.05, 4.69) is 26.6 Å². The first-order valence-electron chi connectivity index (χ1n) is 9.46. The smallest absolute Gasteiger partial charge is 0.227 e. The number of fused-ring (bicyclic) bond motifs is 1. The SMILES string of the molecule is C[C@@H](C(=O)Nc1ccc(Cl)cc1)[C@H]1CC[C@@H](c2ccnc3cn[nH]c32)CC1. The fourth-order valence-electron chi connectivity index (χ4n) is 4.15. The highest BCUT2D eigenvalue weighted by atomic mass is 35.5. The van der Waals surface area contributed by atoms with Gasteiger partial charge in [0.2, 0.25) is 5.91 Å². The largest absolute Gasteiger partial charge is 0.326 e. The fraction of sp³-hybridized carbons (Fsp3) is 0.381. The van der Waals surface area contributed by atoms with E-state index < -0.39 is 0 Å². The van der Waals surface area contributed by atoms with Gasteiger partial charge in [-0.15, -0.1) is 0 Å². The molecule has 1 atom stereocenters. The standard InChI is InChI=1S/C21H23ClN4O/c1-13(21(27)25-17-8-6-16(22)7-9-17)14-2-4-15(5-3-14)18-10-11-23-19-12-24-26-20(18)19/h6-15H,2-5H2,1H3,(H,24,26)(H,25,27)/t13-,14-,15+/m1/s1. The molecule has 0 spiro atoms. The Morgan fingerprint density at radius 1 is 1.19 bits per heavy atom. The van der Waals surface area contributed by atoms with E-state index in [0.717, 1.165) is 42.4 Å². The van der Waals surface area contributed by atoms with Crippen molar-refractivity contribution < 1.29 is 4.79 Å². The molecule has 0 unspecified atom stereocenters. The molecule has 5 nitrogen and oxygen atoms in total. The second-order valence-electron chi connectivity index (χ2n) is 7.43. The Morgan fingerprint density at radius 2 is 1.93 bits per heavy atom. The van der Waals surface area contributed by atoms with Crippen LogP contribution in [0, 0.1) is 11.8 Å². The number of anilines is 1. The monoisotopic (exact) mass is 382 g/mol. The van der Waals surface area contributed by atoms with Crippen molar-refractivity contribution in [1.82, 2.24) is 15.2 Å². The van der Waals surface area contributed by atoms with Crippen LogP contribution in [0.3, 0.4) is 0 Å². The van der Waals surface area contributed by atoms with E-state index in [1.165, 1.54) is 5.56 Å². The van der Waals surface area contributed by atoms with Crippen LogP contribution in [0.15, 0.2) is 42.7 Å². The molecule has 140 valence electrons. The van der Waals surface area contributed by atoms with Gasteiger partial charge < -0.3 is 5.32 Å². The van der Waals surface area contributed by atoms with E-state index in [0.29, 0.717) is 16.9 Å². The summed E-state index contributed by atoms with van der Waals surface area (Å²) in [6.07, 6.45) is 7.91. The highest BCUT2D eigenvalue weighted by Gasteiger charge is 2.30. The third-order valence-electron chi connectivity index (χ3n) is 5.82. The summed E-state index contributed by atoms with van der Waals surface area (Å²) < 4.78 is 0. The lowest BCUT2D eigenvalue weighted by atomic mass is 9.74. The molecular formula is C21H23ClN4O. The molecule has 1 aliphatic rings. The molecule has 0 aliphatic heterocycles. The zero-order chi connectivity index (χ0) is 18.8. The zero-order valence-corrected chi connectivity index (χ0v) is 16.0. The number of nitrogens with zero attached hydrogens (tertiary/aromatic N) is 2. The molecule has 2 N–H and O–H groups in total. The summed E-state index contributed by atoms with van der Waals surface area (Å²) in [5.41, 5.74) is 4.07. The Bertz CT molecular complexity index is 929. The number of aromatic nitrogens is 3. The van der Waals surface area contributed by atoms with Gasteiger partial charge in [-0.3, -0.25) is 14.9 Å². The molecular weight excluding hydrogens is 360 g/mol. The van der Waals surface area contributed by atoms with Crippen LogP contribution in [0.25, 0.3) is 11.0 Å². The van der Waals surface area contributed by atoms with Gasteiger partial charge in [-0.25, -0.2) is 0 Å². The van der Waals surface area contributed by atoms with Crippen molar-refractivity contribution in [1.29, 1.82) is 0 Å². The summed E-state index contributed by atoms with van der Waals surface area (Å²) in [5, 5.41) is 10.9. The molecule has 1 aliphatic carbocycles. The van der Waals surface area contributed by atoms with Crippen molar-refractivity contribution >= 4 is 34.2 Å². The van der Waals surface area contributed by atoms with Crippen molar-refractivity contribution in [3.63, 3.8) is 0 Å². The van der Waals surface area contributed by atoms with Gasteiger partial charge in [0.15, 0.2) is 0 Å². The minimum absolute atomic E-state index is 0.00811. The van der Waals surface area contributed by atoms with Gasteiger partial charge in [-0.2, -0.15) is 5.10 Å². The molecule has 2 aromatic heterocycles. The number of carbonyl (C=O) groups is 1. The van der Waals surface area contributed by atoms with Crippen molar-refractivity contribution in [3.8, 4) is 0 Å². The van der Waals surface area contributed by atoms with Crippen molar-refractivity contribution in [2.45, 2.75) is 38.5 Å². The van der Waals surface area contributed by atoms with Crippen molar-refractivity contribution in [2.24, 2.45) is 11.8 Å². The van der Waals surface area contributed by atoms with Crippen LogP contribution < -0.4 is 5.32 Å². The lowest BCUT2D eigenvalue weighted by molar-refractivity contribution is -0.121. The summed E-state index contributed by atoms with van der Waals surface area (Å²) in [5.74, 6) is 0.984. The number of H-pyrrole nitrogens is 1. The molecule has 0 radical (unpaired) electrons. The Morgan fingerprint density at radius 3 is 2.67 bits per heavy atom. The fourth-order valence-corrected chi connectivity index (χ4v) is 4.27. The van der Waals surface area contributed by atoms with Crippen molar-refractivity contribution in [2.75, 3.05) is 5.32 Å². The van der Waals surface area contributed by atoms with E-state index in [-0.39, 0.29) is 11.8 Å². The van der Waals surface area contributed by atoms with E-state index in [9.17, 15) is 4.79 Å². The normalized spacial score (nSPS) is 21.1. The maximum Gasteiger partial charge on any atom is 0.227 e. The molecule has 27 heavy (non-hydrogen) atoms. The van der Waals surface area contributed by atoms with Gasteiger partial charge >= 0.3 is 0 Å². The van der Waals surface area contributed by atoms with Gasteiger partial charge in [-0.1, -0.05) is 18.5 Å². The van der Waals surface area contributed by atoms with Gasteiger partial charge in [0, 0.05) is 22.8 Å². The lowest BCUT2D eigenvalue weighted by Crippen LogP contribution is -2.29. The highest BCUT2D eigenvalue weighted by Crippen LogP contribution is 2.40. The van der Waals surface area contributed by atoms with Crippen LogP contribution in [0.2, 0.25) is 5.02 Å². The summed E-state index contributed by atoms with van der Waals surface area (Å²) in [6, 6.07) is 9.35. The molecule has 0 saturated heterocycles. The van der Waals surface area contributed by atoms with Gasteiger partial charge in [-0.05, 0) is 73.4 Å². The number of hydrogen-bond donors (Lipinski definition) is 2. The van der Waals surface area contributed by atoms with Gasteiger partial charge in [0.25, 0.3) is 0 Å². The maximum absolute atomic E-state index is 12.6. The molecule has 1 fully saturated rings. The van der Waals surface area contributed by atoms with E-state index in [4.69, 9.17) is 11.6 Å². The Hall–Kier alpha value is -2.40. The number of amides is 1. The Labute approximate surface area is 163 Å². The van der Waals surface area contributed by atoms with Crippen molar-refractivity contribution in [3.05, 3.63) is 53.3 Å². The molecule has 0 bridgehead atoms. The molecule has 1 aromatic carbocycles. The third-order valence-corrected chi connectivity index (χ3v) is 6.07. The number of rotatable bonds is 4. The Balaban J connectivity index is 1.37. The third kappa shape index (κ3) is 3.83. The molecule has 6 heteroatoms. The van der Waals surface area contributed by atoms with Crippen LogP contribution in [0.4, 0.5) is 5.69 Å². The number of benzene rings is 1. The van der Waals surface area contributed by atoms with Gasteiger partial charge in [0.1, 0.15) is 5.52 Å². The number of carbonyl (C=O) groups excluding carboxylic acids is 1. The quantitative estimate of drug-likeness (QED) is 0.654. The maximum atomic E-state index is 12.6. The number of pyridine rings is 1. The minimum atomic E-state index is -0.00811. The molecule has 3 aromatic rings. The second-order valence-corrected chi connectivity index (χ2v) is 7.86. The van der Waals surface area contributed by atoms with Crippen LogP contribution in [0.5, 0.6) is 0 Å². The molecule has 1 saturated carbocycles. The van der Waals surface area contributed by atoms with Gasteiger partial charge in [0.05, 0.1) is 11.7 Å². The van der Waals surface area contributed by atoms with E-state index in [1.54, 1.807) is 18.3 Å². The van der Waals surface area contributed by atoms with Crippen LogP contribution in [-0.2, 0) is 4.79 Å². The summed E-state index contributed by atoms with van der Waals surface area (Å²) in [6.45, 7) is 2.04. The zero-order valence-electron chi connectivity index (χ0n) is 15.3. The average Bonchev–Trinajstić information content (AvgIpc) is 3.18. The summed E-state index contributed by atoms with van der Waals surface area (Å²) in [7, 11) is 0.